The number of guanidine groups is 1. The molecule has 2 rings (SSSR count). The molecular formula is C19H29ClF3IN4O. The second kappa shape index (κ2) is 12.7. The van der Waals surface area contributed by atoms with Gasteiger partial charge in [0.05, 0.1) is 13.1 Å². The van der Waals surface area contributed by atoms with Gasteiger partial charge in [-0.2, -0.15) is 13.2 Å². The molecule has 1 aliphatic rings. The maximum Gasteiger partial charge on any atom is 0.401 e. The number of hydrogen-bond acceptors (Lipinski definition) is 3. The second-order valence-corrected chi connectivity index (χ2v) is 7.42. The van der Waals surface area contributed by atoms with Gasteiger partial charge in [-0.3, -0.25) is 4.90 Å². The third kappa shape index (κ3) is 10.6. The summed E-state index contributed by atoms with van der Waals surface area (Å²) in [6.45, 7) is 5.71. The predicted molar refractivity (Wildman–Crippen MR) is 122 cm³/mol. The molecule has 1 aromatic rings. The van der Waals surface area contributed by atoms with Crippen LogP contribution in [0.15, 0.2) is 29.3 Å². The quantitative estimate of drug-likeness (QED) is 0.291. The van der Waals surface area contributed by atoms with Crippen molar-refractivity contribution in [1.29, 1.82) is 0 Å². The Morgan fingerprint density at radius 3 is 2.62 bits per heavy atom. The number of benzene rings is 1. The van der Waals surface area contributed by atoms with E-state index in [0.717, 1.165) is 12.2 Å². The molecule has 5 nitrogen and oxygen atoms in total. The van der Waals surface area contributed by atoms with E-state index in [4.69, 9.17) is 16.3 Å². The molecule has 0 aromatic heterocycles. The van der Waals surface area contributed by atoms with Gasteiger partial charge < -0.3 is 15.4 Å². The highest BCUT2D eigenvalue weighted by atomic mass is 127. The molecule has 2 unspecified atom stereocenters. The van der Waals surface area contributed by atoms with Crippen LogP contribution in [-0.4, -0.2) is 62.4 Å². The number of hydrogen-bond donors (Lipinski definition) is 2. The molecule has 0 spiro atoms. The van der Waals surface area contributed by atoms with Crippen LogP contribution in [0.3, 0.4) is 0 Å². The molecule has 1 fully saturated rings. The number of ether oxygens (including phenoxy) is 1. The van der Waals surface area contributed by atoms with E-state index < -0.39 is 12.7 Å². The van der Waals surface area contributed by atoms with Crippen molar-refractivity contribution >= 4 is 41.5 Å². The fourth-order valence-corrected chi connectivity index (χ4v) is 3.19. The Balaban J connectivity index is 0.00000420. The van der Waals surface area contributed by atoms with Gasteiger partial charge in [-0.1, -0.05) is 11.6 Å². The molecule has 0 bridgehead atoms. The molecule has 166 valence electrons. The Morgan fingerprint density at radius 1 is 1.31 bits per heavy atom. The molecule has 2 N–H and O–H groups in total. The van der Waals surface area contributed by atoms with E-state index in [0.29, 0.717) is 43.7 Å². The van der Waals surface area contributed by atoms with Crippen LogP contribution < -0.4 is 15.4 Å². The van der Waals surface area contributed by atoms with E-state index in [1.807, 2.05) is 13.8 Å². The summed E-state index contributed by atoms with van der Waals surface area (Å²) in [7, 11) is 0. The molecule has 29 heavy (non-hydrogen) atoms. The predicted octanol–water partition coefficient (Wildman–Crippen LogP) is 4.16. The number of aliphatic imine (C=N–C) groups is 1. The van der Waals surface area contributed by atoms with E-state index in [2.05, 4.69) is 15.6 Å². The average Bonchev–Trinajstić information content (AvgIpc) is 3.05. The fourth-order valence-electron chi connectivity index (χ4n) is 3.06. The third-order valence-corrected chi connectivity index (χ3v) is 4.58. The molecule has 0 amide bonds. The Hall–Kier alpha value is -0.940. The third-order valence-electron chi connectivity index (χ3n) is 4.33. The number of halogens is 5. The van der Waals surface area contributed by atoms with Crippen molar-refractivity contribution in [1.82, 2.24) is 15.5 Å². The number of alkyl halides is 3. The largest absolute Gasteiger partial charge is 0.489 e. The monoisotopic (exact) mass is 548 g/mol. The van der Waals surface area contributed by atoms with Gasteiger partial charge in [0.2, 0.25) is 0 Å². The van der Waals surface area contributed by atoms with Gasteiger partial charge >= 0.3 is 6.18 Å². The summed E-state index contributed by atoms with van der Waals surface area (Å²) in [6.07, 6.45) is -3.53. The molecule has 0 aliphatic carbocycles. The van der Waals surface area contributed by atoms with Gasteiger partial charge in [-0.15, -0.1) is 24.0 Å². The van der Waals surface area contributed by atoms with Crippen LogP contribution in [0.4, 0.5) is 13.2 Å². The Morgan fingerprint density at radius 2 is 2.00 bits per heavy atom. The zero-order valence-corrected chi connectivity index (χ0v) is 19.7. The summed E-state index contributed by atoms with van der Waals surface area (Å²) < 4.78 is 43.3. The first-order valence-electron chi connectivity index (χ1n) is 9.48. The van der Waals surface area contributed by atoms with Crippen molar-refractivity contribution in [3.63, 3.8) is 0 Å². The molecule has 1 aromatic carbocycles. The number of nitrogens with zero attached hydrogens (tertiary/aromatic N) is 2. The topological polar surface area (TPSA) is 48.9 Å². The first-order chi connectivity index (χ1) is 13.2. The van der Waals surface area contributed by atoms with Gasteiger partial charge in [0, 0.05) is 24.7 Å². The van der Waals surface area contributed by atoms with Crippen LogP contribution >= 0.6 is 35.6 Å². The minimum atomic E-state index is -4.14. The van der Waals surface area contributed by atoms with Gasteiger partial charge in [0.15, 0.2) is 5.96 Å². The molecule has 10 heteroatoms. The first kappa shape index (κ1) is 26.1. The zero-order chi connectivity index (χ0) is 20.6. The van der Waals surface area contributed by atoms with Crippen molar-refractivity contribution in [3.8, 4) is 5.75 Å². The Kier molecular flexibility index (Phi) is 11.4. The number of likely N-dealkylation sites (tertiary alicyclic amines) is 1. The van der Waals surface area contributed by atoms with Crippen LogP contribution in [0.2, 0.25) is 5.02 Å². The molecule has 0 saturated carbocycles. The van der Waals surface area contributed by atoms with Crippen molar-refractivity contribution in [2.45, 2.75) is 32.5 Å². The van der Waals surface area contributed by atoms with E-state index in [-0.39, 0.29) is 36.0 Å². The normalized spacial score (nSPS) is 18.8. The van der Waals surface area contributed by atoms with Crippen molar-refractivity contribution < 1.29 is 17.9 Å². The lowest BCUT2D eigenvalue weighted by atomic mass is 10.1. The summed E-state index contributed by atoms with van der Waals surface area (Å²) >= 11 is 5.86. The van der Waals surface area contributed by atoms with Crippen LogP contribution in [0, 0.1) is 5.92 Å². The molecule has 1 aliphatic heterocycles. The molecule has 2 atom stereocenters. The van der Waals surface area contributed by atoms with Gasteiger partial charge in [0.1, 0.15) is 11.9 Å². The Labute approximate surface area is 192 Å². The maximum atomic E-state index is 12.5. The smallest absolute Gasteiger partial charge is 0.401 e. The van der Waals surface area contributed by atoms with Crippen molar-refractivity contribution in [2.24, 2.45) is 10.9 Å². The average molecular weight is 549 g/mol. The van der Waals surface area contributed by atoms with Crippen molar-refractivity contribution in [2.75, 3.05) is 39.3 Å². The van der Waals surface area contributed by atoms with E-state index in [9.17, 15) is 13.2 Å². The summed E-state index contributed by atoms with van der Waals surface area (Å²) in [5, 5.41) is 7.04. The zero-order valence-electron chi connectivity index (χ0n) is 16.6. The standard InChI is InChI=1S/C19H28ClF3N4O.HI/c1-3-24-18(25-10-14(2)28-17-6-4-16(20)5-7-17)26-11-15-8-9-27(12-15)13-19(21,22)23;/h4-7,14-15H,3,8-13H2,1-2H3,(H2,24,25,26);1H. The minimum absolute atomic E-state index is 0. The molecule has 1 heterocycles. The van der Waals surface area contributed by atoms with E-state index in [1.165, 1.54) is 4.90 Å². The van der Waals surface area contributed by atoms with E-state index >= 15 is 0 Å². The van der Waals surface area contributed by atoms with Crippen LogP contribution in [-0.2, 0) is 0 Å². The Bertz CT molecular complexity index is 631. The maximum absolute atomic E-state index is 12.5. The van der Waals surface area contributed by atoms with Crippen LogP contribution in [0.5, 0.6) is 5.75 Å². The van der Waals surface area contributed by atoms with Gasteiger partial charge in [0.25, 0.3) is 0 Å². The highest BCUT2D eigenvalue weighted by Gasteiger charge is 2.34. The molecular weight excluding hydrogens is 520 g/mol. The second-order valence-electron chi connectivity index (χ2n) is 6.99. The fraction of sp³-hybridized carbons (Fsp3) is 0.632. The van der Waals surface area contributed by atoms with Gasteiger partial charge in [-0.25, -0.2) is 4.99 Å². The number of nitrogens with one attached hydrogen (secondary N) is 2. The minimum Gasteiger partial charge on any atom is -0.489 e. The summed E-state index contributed by atoms with van der Waals surface area (Å²) in [6, 6.07) is 7.14. The lowest BCUT2D eigenvalue weighted by Crippen LogP contribution is -2.41. The highest BCUT2D eigenvalue weighted by molar-refractivity contribution is 14.0. The van der Waals surface area contributed by atoms with Crippen LogP contribution in [0.1, 0.15) is 20.3 Å². The number of rotatable bonds is 8. The molecule has 0 radical (unpaired) electrons. The van der Waals surface area contributed by atoms with Crippen molar-refractivity contribution in [3.05, 3.63) is 29.3 Å². The van der Waals surface area contributed by atoms with E-state index in [1.54, 1.807) is 24.3 Å². The SMILES string of the molecule is CCNC(=NCC(C)Oc1ccc(Cl)cc1)NCC1CCN(CC(F)(F)F)C1.I. The summed E-state index contributed by atoms with van der Waals surface area (Å²) in [4.78, 5) is 5.97. The summed E-state index contributed by atoms with van der Waals surface area (Å²) in [5.74, 6) is 1.54. The lowest BCUT2D eigenvalue weighted by molar-refractivity contribution is -0.143. The molecule has 1 saturated heterocycles. The lowest BCUT2D eigenvalue weighted by Gasteiger charge is -2.19. The first-order valence-corrected chi connectivity index (χ1v) is 9.86. The van der Waals surface area contributed by atoms with Crippen LogP contribution in [0.25, 0.3) is 0 Å². The summed E-state index contributed by atoms with van der Waals surface area (Å²) in [5.41, 5.74) is 0. The van der Waals surface area contributed by atoms with Gasteiger partial charge in [-0.05, 0) is 57.0 Å². The highest BCUT2D eigenvalue weighted by Crippen LogP contribution is 2.22.